The molecule has 0 spiro atoms. The molecule has 5 atom stereocenters. The molecule has 0 aliphatic rings. The lowest BCUT2D eigenvalue weighted by atomic mass is 10.0. The maximum atomic E-state index is 13.1. The van der Waals surface area contributed by atoms with Crippen LogP contribution in [0.3, 0.4) is 0 Å². The number of phosphoric acid groups is 2. The smallest absolute Gasteiger partial charge is 0.462 e. The molecule has 2 unspecified atom stereocenters. The van der Waals surface area contributed by atoms with E-state index in [1.165, 1.54) is 263 Å². The molecule has 0 amide bonds. The highest BCUT2D eigenvalue weighted by Crippen LogP contribution is 2.45. The average Bonchev–Trinajstić information content (AvgIpc) is 0.909. The molecule has 0 aromatic rings. The van der Waals surface area contributed by atoms with Gasteiger partial charge in [-0.1, -0.05) is 401 Å². The zero-order valence-electron chi connectivity index (χ0n) is 68.3. The number of rotatable bonds is 84. The van der Waals surface area contributed by atoms with Gasteiger partial charge in [-0.15, -0.1) is 0 Å². The SMILES string of the molecule is CCCCCCCCCCCCCCCCCCCCCC(=O)OC[C@H](COP(=O)(O)OC[C@@H](O)COP(=O)(O)OC[C@@H](COC(=O)CCCCCCCCCC(C)C)OC(=O)CCCCCCCCCCCCCCCC(C)C)OC(=O)CCCCCCCCCCCCCCCCCCCCC. The van der Waals surface area contributed by atoms with Crippen molar-refractivity contribution in [3.63, 3.8) is 0 Å². The lowest BCUT2D eigenvalue weighted by Crippen LogP contribution is -2.30. The summed E-state index contributed by atoms with van der Waals surface area (Å²) in [7, 11) is -9.93. The molecule has 0 rings (SSSR count). The molecule has 0 aliphatic carbocycles. The van der Waals surface area contributed by atoms with Crippen LogP contribution in [0.1, 0.15) is 452 Å². The molecule has 0 radical (unpaired) electrons. The van der Waals surface area contributed by atoms with Crippen molar-refractivity contribution < 1.29 is 80.2 Å². The van der Waals surface area contributed by atoms with E-state index in [4.69, 9.17) is 37.0 Å². The molecule has 0 saturated carbocycles. The molecule has 0 aromatic heterocycles. The van der Waals surface area contributed by atoms with E-state index in [-0.39, 0.29) is 25.7 Å². The summed E-state index contributed by atoms with van der Waals surface area (Å²) in [4.78, 5) is 73.2. The molecule has 618 valence electrons. The Morgan fingerprint density at radius 3 is 0.654 bits per heavy atom. The van der Waals surface area contributed by atoms with Gasteiger partial charge in [0.15, 0.2) is 12.2 Å². The Morgan fingerprint density at radius 1 is 0.260 bits per heavy atom. The van der Waals surface area contributed by atoms with Crippen molar-refractivity contribution in [1.82, 2.24) is 0 Å². The number of hydrogen-bond acceptors (Lipinski definition) is 15. The third-order valence-electron chi connectivity index (χ3n) is 20.0. The van der Waals surface area contributed by atoms with Gasteiger partial charge in [-0.05, 0) is 37.5 Å². The molecule has 0 saturated heterocycles. The Morgan fingerprint density at radius 2 is 0.442 bits per heavy atom. The third kappa shape index (κ3) is 78.2. The quantitative estimate of drug-likeness (QED) is 0.0222. The number of hydrogen-bond donors (Lipinski definition) is 3. The number of ether oxygens (including phenoxy) is 4. The largest absolute Gasteiger partial charge is 0.472 e. The van der Waals surface area contributed by atoms with E-state index < -0.39 is 97.5 Å². The summed E-state index contributed by atoms with van der Waals surface area (Å²) < 4.78 is 68.9. The maximum absolute atomic E-state index is 13.1. The third-order valence-corrected chi connectivity index (χ3v) is 21.9. The highest BCUT2D eigenvalue weighted by atomic mass is 31.2. The Kier molecular flexibility index (Phi) is 75.0. The molecule has 19 heteroatoms. The van der Waals surface area contributed by atoms with Crippen molar-refractivity contribution in [2.45, 2.75) is 471 Å². The fourth-order valence-corrected chi connectivity index (χ4v) is 14.8. The normalized spacial score (nSPS) is 13.8. The molecular formula is C85H166O17P2. The minimum atomic E-state index is -4.96. The standard InChI is InChI=1S/C85H166O17P2/c1-7-9-11-13-15-17-19-21-23-25-27-29-31-35-39-43-49-55-61-67-82(87)95-73-80(101-84(89)69-63-57-50-44-40-36-32-30-28-26-24-22-20-18-16-14-12-10-8-2)75-99-103(91,92)97-71-79(86)72-98-104(93,94)100-76-81(74-96-83(88)68-62-56-52-46-48-54-60-66-78(5)6)102-85(90)70-64-58-51-45-41-37-33-34-38-42-47-53-59-65-77(3)4/h77-81,86H,7-76H2,1-6H3,(H,91,92)(H,93,94)/t79-,80-,81-/m1/s1. The summed E-state index contributed by atoms with van der Waals surface area (Å²) in [5.41, 5.74) is 0. The lowest BCUT2D eigenvalue weighted by Gasteiger charge is -2.21. The predicted molar refractivity (Wildman–Crippen MR) is 428 cm³/mol. The first-order chi connectivity index (χ1) is 50.4. The van der Waals surface area contributed by atoms with Gasteiger partial charge in [0.2, 0.25) is 0 Å². The van der Waals surface area contributed by atoms with Gasteiger partial charge in [0.05, 0.1) is 26.4 Å². The molecular weight excluding hydrogens is 1350 g/mol. The van der Waals surface area contributed by atoms with E-state index in [1.54, 1.807) is 0 Å². The van der Waals surface area contributed by atoms with Crippen LogP contribution in [-0.4, -0.2) is 96.7 Å². The fourth-order valence-electron chi connectivity index (χ4n) is 13.2. The molecule has 0 aliphatic heterocycles. The van der Waals surface area contributed by atoms with Crippen LogP contribution in [0.5, 0.6) is 0 Å². The summed E-state index contributed by atoms with van der Waals surface area (Å²) in [6, 6.07) is 0. The van der Waals surface area contributed by atoms with Crippen LogP contribution < -0.4 is 0 Å². The van der Waals surface area contributed by atoms with Crippen LogP contribution in [0.25, 0.3) is 0 Å². The van der Waals surface area contributed by atoms with Crippen molar-refractivity contribution in [3.8, 4) is 0 Å². The van der Waals surface area contributed by atoms with E-state index in [0.29, 0.717) is 31.6 Å². The van der Waals surface area contributed by atoms with Crippen molar-refractivity contribution >= 4 is 39.5 Å². The minimum absolute atomic E-state index is 0.107. The summed E-state index contributed by atoms with van der Waals surface area (Å²) in [6.07, 6.45) is 68.2. The number of carbonyl (C=O) groups excluding carboxylic acids is 4. The van der Waals surface area contributed by atoms with Crippen LogP contribution in [0, 0.1) is 11.8 Å². The van der Waals surface area contributed by atoms with E-state index in [1.807, 2.05) is 0 Å². The summed E-state index contributed by atoms with van der Waals surface area (Å²) in [5.74, 6) is -0.613. The molecule has 17 nitrogen and oxygen atoms in total. The predicted octanol–water partition coefficient (Wildman–Crippen LogP) is 25.8. The first kappa shape index (κ1) is 102. The van der Waals surface area contributed by atoms with Crippen molar-refractivity contribution in [1.29, 1.82) is 0 Å². The monoisotopic (exact) mass is 1520 g/mol. The van der Waals surface area contributed by atoms with Gasteiger partial charge in [-0.3, -0.25) is 37.3 Å². The van der Waals surface area contributed by atoms with Gasteiger partial charge in [-0.25, -0.2) is 9.13 Å². The second-order valence-corrected chi connectivity index (χ2v) is 34.4. The first-order valence-electron chi connectivity index (χ1n) is 44.0. The summed E-state index contributed by atoms with van der Waals surface area (Å²) >= 11 is 0. The number of aliphatic hydroxyl groups excluding tert-OH is 1. The van der Waals surface area contributed by atoms with E-state index in [2.05, 4.69) is 41.5 Å². The van der Waals surface area contributed by atoms with E-state index in [0.717, 1.165) is 102 Å². The number of aliphatic hydroxyl groups is 1. The average molecular weight is 1520 g/mol. The van der Waals surface area contributed by atoms with Crippen LogP contribution in [0.15, 0.2) is 0 Å². The Balaban J connectivity index is 5.23. The van der Waals surface area contributed by atoms with Gasteiger partial charge in [-0.2, -0.15) is 0 Å². The summed E-state index contributed by atoms with van der Waals surface area (Å²) in [6.45, 7) is 9.62. The van der Waals surface area contributed by atoms with Crippen molar-refractivity contribution in [2.75, 3.05) is 39.6 Å². The first-order valence-corrected chi connectivity index (χ1v) is 47.0. The van der Waals surface area contributed by atoms with Gasteiger partial charge in [0.1, 0.15) is 19.3 Å². The van der Waals surface area contributed by atoms with Crippen LogP contribution >= 0.6 is 15.6 Å². The molecule has 0 heterocycles. The molecule has 104 heavy (non-hydrogen) atoms. The minimum Gasteiger partial charge on any atom is -0.462 e. The van der Waals surface area contributed by atoms with Crippen molar-refractivity contribution in [2.24, 2.45) is 11.8 Å². The highest BCUT2D eigenvalue weighted by Gasteiger charge is 2.30. The Hall–Kier alpha value is -1.94. The van der Waals surface area contributed by atoms with Crippen LogP contribution in [0.4, 0.5) is 0 Å². The maximum Gasteiger partial charge on any atom is 0.472 e. The van der Waals surface area contributed by atoms with Crippen LogP contribution in [0.2, 0.25) is 0 Å². The van der Waals surface area contributed by atoms with Gasteiger partial charge >= 0.3 is 39.5 Å². The second-order valence-electron chi connectivity index (χ2n) is 31.5. The molecule has 0 fully saturated rings. The fraction of sp³-hybridized carbons (Fsp3) is 0.953. The highest BCUT2D eigenvalue weighted by molar-refractivity contribution is 7.47. The molecule has 0 bridgehead atoms. The topological polar surface area (TPSA) is 237 Å². The van der Waals surface area contributed by atoms with Gasteiger partial charge in [0.25, 0.3) is 0 Å². The summed E-state index contributed by atoms with van der Waals surface area (Å²) in [5, 5.41) is 10.7. The Bertz CT molecular complexity index is 1990. The lowest BCUT2D eigenvalue weighted by molar-refractivity contribution is -0.161. The van der Waals surface area contributed by atoms with Crippen LogP contribution in [-0.2, 0) is 65.4 Å². The number of phosphoric ester groups is 2. The second kappa shape index (κ2) is 76.4. The van der Waals surface area contributed by atoms with E-state index >= 15 is 0 Å². The Labute approximate surface area is 638 Å². The number of unbranched alkanes of at least 4 members (excludes halogenated alkanes) is 54. The zero-order chi connectivity index (χ0) is 76.4. The zero-order valence-corrected chi connectivity index (χ0v) is 70.1. The molecule has 0 aromatic carbocycles. The van der Waals surface area contributed by atoms with Gasteiger partial charge in [0, 0.05) is 25.7 Å². The van der Waals surface area contributed by atoms with Crippen molar-refractivity contribution in [3.05, 3.63) is 0 Å². The van der Waals surface area contributed by atoms with Gasteiger partial charge < -0.3 is 33.8 Å². The number of carbonyl (C=O) groups is 4. The number of esters is 4. The van der Waals surface area contributed by atoms with E-state index in [9.17, 15) is 43.2 Å². The molecule has 3 N–H and O–H groups in total.